The SMILES string of the molecule is C[C@H]1C(=O)Nc2ccc(C(=O)CSc3nnc(NC[C@H]4CCCO4)s3)cc21. The standard InChI is InChI=1S/C18H20N4O3S2/c1-10-13-7-11(4-5-14(13)20-16(10)24)15(23)9-26-18-22-21-17(27-18)19-8-12-3-2-6-25-12/h4-5,7,10,12H,2-3,6,8-9H2,1H3,(H,19,21)(H,20,24)/t10-,12-/m1/s1. The van der Waals surface area contributed by atoms with Gasteiger partial charge in [0.05, 0.1) is 17.8 Å². The number of anilines is 2. The molecule has 2 atom stereocenters. The third-order valence-corrected chi connectivity index (χ3v) is 6.74. The largest absolute Gasteiger partial charge is 0.376 e. The summed E-state index contributed by atoms with van der Waals surface area (Å²) in [6.45, 7) is 3.41. The quantitative estimate of drug-likeness (QED) is 0.541. The highest BCUT2D eigenvalue weighted by Gasteiger charge is 2.27. The van der Waals surface area contributed by atoms with E-state index in [0.717, 1.165) is 46.7 Å². The second-order valence-electron chi connectivity index (χ2n) is 6.61. The van der Waals surface area contributed by atoms with E-state index in [1.807, 2.05) is 13.0 Å². The van der Waals surface area contributed by atoms with Crippen molar-refractivity contribution >= 4 is 45.6 Å². The van der Waals surface area contributed by atoms with E-state index < -0.39 is 0 Å². The summed E-state index contributed by atoms with van der Waals surface area (Å²) in [5, 5.41) is 15.1. The number of nitrogens with one attached hydrogen (secondary N) is 2. The molecule has 9 heteroatoms. The Hall–Kier alpha value is -1.97. The van der Waals surface area contributed by atoms with Crippen LogP contribution in [0.2, 0.25) is 0 Å². The first kappa shape index (κ1) is 18.4. The summed E-state index contributed by atoms with van der Waals surface area (Å²) >= 11 is 2.82. The highest BCUT2D eigenvalue weighted by atomic mass is 32.2. The van der Waals surface area contributed by atoms with Crippen molar-refractivity contribution in [1.29, 1.82) is 0 Å². The molecule has 1 fully saturated rings. The van der Waals surface area contributed by atoms with Crippen molar-refractivity contribution in [3.8, 4) is 0 Å². The van der Waals surface area contributed by atoms with Crippen LogP contribution in [0.25, 0.3) is 0 Å². The van der Waals surface area contributed by atoms with Crippen molar-refractivity contribution in [1.82, 2.24) is 10.2 Å². The maximum absolute atomic E-state index is 12.5. The normalized spacial score (nSPS) is 21.1. The maximum Gasteiger partial charge on any atom is 0.231 e. The topological polar surface area (TPSA) is 93.2 Å². The van der Waals surface area contributed by atoms with Gasteiger partial charge in [-0.2, -0.15) is 0 Å². The highest BCUT2D eigenvalue weighted by molar-refractivity contribution is 8.01. The third-order valence-electron chi connectivity index (χ3n) is 4.73. The summed E-state index contributed by atoms with van der Waals surface area (Å²) in [5.41, 5.74) is 2.29. The second kappa shape index (κ2) is 7.95. The summed E-state index contributed by atoms with van der Waals surface area (Å²) < 4.78 is 6.33. The Morgan fingerprint density at radius 3 is 3.15 bits per heavy atom. The molecule has 0 aliphatic carbocycles. The van der Waals surface area contributed by atoms with E-state index in [0.29, 0.717) is 5.56 Å². The van der Waals surface area contributed by atoms with Crippen molar-refractivity contribution in [3.63, 3.8) is 0 Å². The Labute approximate surface area is 165 Å². The van der Waals surface area contributed by atoms with Gasteiger partial charge in [0.15, 0.2) is 10.1 Å². The van der Waals surface area contributed by atoms with Gasteiger partial charge >= 0.3 is 0 Å². The lowest BCUT2D eigenvalue weighted by Gasteiger charge is -2.08. The third kappa shape index (κ3) is 4.15. The van der Waals surface area contributed by atoms with Crippen LogP contribution in [0, 0.1) is 0 Å². The minimum Gasteiger partial charge on any atom is -0.376 e. The lowest BCUT2D eigenvalue weighted by molar-refractivity contribution is -0.116. The fourth-order valence-electron chi connectivity index (χ4n) is 3.15. The van der Waals surface area contributed by atoms with Crippen molar-refractivity contribution < 1.29 is 14.3 Å². The zero-order valence-electron chi connectivity index (χ0n) is 14.9. The zero-order chi connectivity index (χ0) is 18.8. The average molecular weight is 405 g/mol. The lowest BCUT2D eigenvalue weighted by atomic mass is 9.99. The Kier molecular flexibility index (Phi) is 5.42. The van der Waals surface area contributed by atoms with Gasteiger partial charge in [0.2, 0.25) is 11.0 Å². The molecule has 2 aliphatic rings. The van der Waals surface area contributed by atoms with Crippen LogP contribution in [-0.2, 0) is 9.53 Å². The Morgan fingerprint density at radius 2 is 2.33 bits per heavy atom. The number of hydrogen-bond donors (Lipinski definition) is 2. The zero-order valence-corrected chi connectivity index (χ0v) is 16.5. The molecule has 1 saturated heterocycles. The Morgan fingerprint density at radius 1 is 1.44 bits per heavy atom. The van der Waals surface area contributed by atoms with Gasteiger partial charge in [-0.3, -0.25) is 9.59 Å². The van der Waals surface area contributed by atoms with Crippen molar-refractivity contribution in [3.05, 3.63) is 29.3 Å². The molecule has 2 N–H and O–H groups in total. The summed E-state index contributed by atoms with van der Waals surface area (Å²) in [6.07, 6.45) is 2.43. The fraction of sp³-hybridized carbons (Fsp3) is 0.444. The number of fused-ring (bicyclic) bond motifs is 1. The number of hydrogen-bond acceptors (Lipinski definition) is 8. The average Bonchev–Trinajstić information content (AvgIpc) is 3.40. The number of Topliss-reactive ketones (excluding diaryl/α,β-unsaturated/α-hetero) is 1. The monoisotopic (exact) mass is 404 g/mol. The van der Waals surface area contributed by atoms with Crippen LogP contribution in [0.5, 0.6) is 0 Å². The molecule has 142 valence electrons. The molecule has 7 nitrogen and oxygen atoms in total. The Bertz CT molecular complexity index is 864. The molecule has 4 rings (SSSR count). The number of thioether (sulfide) groups is 1. The number of benzene rings is 1. The van der Waals surface area contributed by atoms with Crippen LogP contribution in [0.1, 0.15) is 41.6 Å². The van der Waals surface area contributed by atoms with Crippen molar-refractivity contribution in [2.45, 2.75) is 36.1 Å². The smallest absolute Gasteiger partial charge is 0.231 e. The van der Waals surface area contributed by atoms with Gasteiger partial charge in [0.25, 0.3) is 0 Å². The molecule has 0 radical (unpaired) electrons. The van der Waals surface area contributed by atoms with Crippen LogP contribution in [0.4, 0.5) is 10.8 Å². The number of carbonyl (C=O) groups is 2. The number of ketones is 1. The van der Waals surface area contributed by atoms with Crippen LogP contribution in [0.15, 0.2) is 22.5 Å². The minimum atomic E-state index is -0.221. The number of aromatic nitrogens is 2. The van der Waals surface area contributed by atoms with E-state index in [4.69, 9.17) is 4.74 Å². The van der Waals surface area contributed by atoms with Crippen LogP contribution in [0.3, 0.4) is 0 Å². The van der Waals surface area contributed by atoms with Crippen LogP contribution in [-0.4, -0.2) is 46.9 Å². The number of rotatable bonds is 7. The van der Waals surface area contributed by atoms with Gasteiger partial charge in [-0.1, -0.05) is 23.1 Å². The molecular weight excluding hydrogens is 384 g/mol. The Balaban J connectivity index is 1.31. The summed E-state index contributed by atoms with van der Waals surface area (Å²) in [5.74, 6) is 0.0508. The summed E-state index contributed by atoms with van der Waals surface area (Å²) in [4.78, 5) is 24.2. The molecule has 0 unspecified atom stereocenters. The molecule has 2 aromatic rings. The van der Waals surface area contributed by atoms with E-state index in [1.165, 1.54) is 23.1 Å². The number of ether oxygens (including phenoxy) is 1. The summed E-state index contributed by atoms with van der Waals surface area (Å²) in [7, 11) is 0. The molecule has 1 amide bonds. The molecule has 1 aromatic carbocycles. The number of nitrogens with zero attached hydrogens (tertiary/aromatic N) is 2. The number of carbonyl (C=O) groups excluding carboxylic acids is 2. The van der Waals surface area contributed by atoms with Gasteiger partial charge in [0.1, 0.15) is 0 Å². The van der Waals surface area contributed by atoms with E-state index in [1.54, 1.807) is 12.1 Å². The van der Waals surface area contributed by atoms with E-state index >= 15 is 0 Å². The van der Waals surface area contributed by atoms with Crippen LogP contribution < -0.4 is 10.6 Å². The van der Waals surface area contributed by atoms with Gasteiger partial charge in [-0.15, -0.1) is 10.2 Å². The molecule has 0 saturated carbocycles. The maximum atomic E-state index is 12.5. The van der Waals surface area contributed by atoms with Crippen molar-refractivity contribution in [2.24, 2.45) is 0 Å². The molecular formula is C18H20N4O3S2. The molecule has 0 bridgehead atoms. The second-order valence-corrected chi connectivity index (χ2v) is 8.81. The predicted molar refractivity (Wildman–Crippen MR) is 106 cm³/mol. The van der Waals surface area contributed by atoms with Crippen LogP contribution >= 0.6 is 23.1 Å². The summed E-state index contributed by atoms with van der Waals surface area (Å²) in [6, 6.07) is 5.37. The minimum absolute atomic E-state index is 0.0124. The predicted octanol–water partition coefficient (Wildman–Crippen LogP) is 3.16. The molecule has 1 aromatic heterocycles. The van der Waals surface area contributed by atoms with Gasteiger partial charge in [-0.05, 0) is 43.5 Å². The van der Waals surface area contributed by atoms with Gasteiger partial charge < -0.3 is 15.4 Å². The highest BCUT2D eigenvalue weighted by Crippen LogP contribution is 2.33. The first-order valence-electron chi connectivity index (χ1n) is 8.90. The first-order valence-corrected chi connectivity index (χ1v) is 10.7. The van der Waals surface area contributed by atoms with E-state index in [-0.39, 0.29) is 29.5 Å². The lowest BCUT2D eigenvalue weighted by Crippen LogP contribution is -2.18. The van der Waals surface area contributed by atoms with E-state index in [2.05, 4.69) is 20.8 Å². The molecule has 27 heavy (non-hydrogen) atoms. The van der Waals surface area contributed by atoms with Gasteiger partial charge in [-0.25, -0.2) is 0 Å². The van der Waals surface area contributed by atoms with Crippen molar-refractivity contribution in [2.75, 3.05) is 29.5 Å². The number of amides is 1. The molecule has 0 spiro atoms. The van der Waals surface area contributed by atoms with Gasteiger partial charge in [0, 0.05) is 24.4 Å². The van der Waals surface area contributed by atoms with E-state index in [9.17, 15) is 9.59 Å². The molecule has 2 aliphatic heterocycles. The fourth-order valence-corrected chi connectivity index (χ4v) is 4.80. The first-order chi connectivity index (χ1) is 13.1. The molecule has 3 heterocycles.